The van der Waals surface area contributed by atoms with Gasteiger partial charge in [-0.05, 0) is 6.42 Å². The predicted octanol–water partition coefficient (Wildman–Crippen LogP) is 1.16. The zero-order valence-electron chi connectivity index (χ0n) is 8.17. The largest absolute Gasteiger partial charge is 0.481 e. The SMILES string of the molecule is CCCC[C@@H](CC(=O)O)NC(C)=O. The maximum Gasteiger partial charge on any atom is 0.305 e. The highest BCUT2D eigenvalue weighted by Crippen LogP contribution is 2.04. The molecule has 0 aromatic carbocycles. The molecule has 0 saturated heterocycles. The summed E-state index contributed by atoms with van der Waals surface area (Å²) < 4.78 is 0. The van der Waals surface area contributed by atoms with E-state index >= 15 is 0 Å². The predicted molar refractivity (Wildman–Crippen MR) is 49.4 cm³/mol. The van der Waals surface area contributed by atoms with Crippen LogP contribution in [0.5, 0.6) is 0 Å². The van der Waals surface area contributed by atoms with Crippen LogP contribution in [0.15, 0.2) is 0 Å². The topological polar surface area (TPSA) is 66.4 Å². The van der Waals surface area contributed by atoms with Gasteiger partial charge in [0, 0.05) is 13.0 Å². The van der Waals surface area contributed by atoms with Crippen LogP contribution < -0.4 is 5.32 Å². The van der Waals surface area contributed by atoms with Crippen LogP contribution in [0.3, 0.4) is 0 Å². The number of amides is 1. The molecule has 76 valence electrons. The first-order valence-corrected chi connectivity index (χ1v) is 4.55. The summed E-state index contributed by atoms with van der Waals surface area (Å²) in [6.07, 6.45) is 2.70. The number of hydrogen-bond acceptors (Lipinski definition) is 2. The van der Waals surface area contributed by atoms with E-state index in [1.807, 2.05) is 6.92 Å². The lowest BCUT2D eigenvalue weighted by Gasteiger charge is -2.14. The monoisotopic (exact) mass is 187 g/mol. The molecule has 0 aliphatic carbocycles. The number of aliphatic carboxylic acids is 1. The first-order valence-electron chi connectivity index (χ1n) is 4.55. The minimum absolute atomic E-state index is 0.0135. The standard InChI is InChI=1S/C9H17NO3/c1-3-4-5-8(6-9(12)13)10-7(2)11/h8H,3-6H2,1-2H3,(H,10,11)(H,12,13)/t8-/m0/s1. The molecule has 0 saturated carbocycles. The zero-order chi connectivity index (χ0) is 10.3. The summed E-state index contributed by atoms with van der Waals surface area (Å²) >= 11 is 0. The number of nitrogens with one attached hydrogen (secondary N) is 1. The molecular weight excluding hydrogens is 170 g/mol. The number of carboxylic acids is 1. The van der Waals surface area contributed by atoms with Gasteiger partial charge in [0.05, 0.1) is 6.42 Å². The van der Waals surface area contributed by atoms with Crippen molar-refractivity contribution in [3.05, 3.63) is 0 Å². The quantitative estimate of drug-likeness (QED) is 0.655. The third-order valence-corrected chi connectivity index (χ3v) is 1.73. The van der Waals surface area contributed by atoms with Gasteiger partial charge in [-0.2, -0.15) is 0 Å². The Kier molecular flexibility index (Phi) is 5.93. The molecule has 0 fully saturated rings. The molecule has 0 aromatic heterocycles. The number of carboxylic acid groups (broad SMARTS) is 1. The second kappa shape index (κ2) is 6.46. The number of unbranched alkanes of at least 4 members (excludes halogenated alkanes) is 1. The van der Waals surface area contributed by atoms with Crippen LogP contribution in [0.4, 0.5) is 0 Å². The molecule has 0 spiro atoms. The van der Waals surface area contributed by atoms with Crippen LogP contribution in [0.25, 0.3) is 0 Å². The summed E-state index contributed by atoms with van der Waals surface area (Å²) in [5.74, 6) is -1.03. The minimum atomic E-state index is -0.866. The molecule has 1 amide bonds. The van der Waals surface area contributed by atoms with Gasteiger partial charge < -0.3 is 10.4 Å². The van der Waals surface area contributed by atoms with Gasteiger partial charge in [-0.15, -0.1) is 0 Å². The molecule has 0 heterocycles. The Morgan fingerprint density at radius 2 is 2.08 bits per heavy atom. The maximum absolute atomic E-state index is 10.7. The summed E-state index contributed by atoms with van der Waals surface area (Å²) in [6.45, 7) is 3.44. The van der Waals surface area contributed by atoms with E-state index in [-0.39, 0.29) is 18.4 Å². The normalized spacial score (nSPS) is 12.2. The van der Waals surface area contributed by atoms with Crippen molar-refractivity contribution in [3.63, 3.8) is 0 Å². The average molecular weight is 187 g/mol. The Bertz CT molecular complexity index is 164. The minimum Gasteiger partial charge on any atom is -0.481 e. The number of rotatable bonds is 6. The molecule has 0 aliphatic heterocycles. The number of carbonyl (C=O) groups is 2. The highest BCUT2D eigenvalue weighted by molar-refractivity contribution is 5.74. The van der Waals surface area contributed by atoms with Gasteiger partial charge in [0.1, 0.15) is 0 Å². The molecule has 0 aliphatic rings. The van der Waals surface area contributed by atoms with Gasteiger partial charge in [-0.25, -0.2) is 0 Å². The molecule has 13 heavy (non-hydrogen) atoms. The molecule has 0 bridgehead atoms. The first kappa shape index (κ1) is 11.9. The van der Waals surface area contributed by atoms with E-state index < -0.39 is 5.97 Å². The molecule has 4 heteroatoms. The van der Waals surface area contributed by atoms with E-state index in [4.69, 9.17) is 5.11 Å². The van der Waals surface area contributed by atoms with E-state index in [0.29, 0.717) is 0 Å². The Morgan fingerprint density at radius 3 is 2.46 bits per heavy atom. The lowest BCUT2D eigenvalue weighted by molar-refractivity contribution is -0.137. The summed E-state index contributed by atoms with van der Waals surface area (Å²) in [7, 11) is 0. The van der Waals surface area contributed by atoms with E-state index in [9.17, 15) is 9.59 Å². The molecule has 0 radical (unpaired) electrons. The van der Waals surface area contributed by atoms with Crippen molar-refractivity contribution in [2.75, 3.05) is 0 Å². The Balaban J connectivity index is 3.87. The van der Waals surface area contributed by atoms with Crippen LogP contribution in [0, 0.1) is 0 Å². The summed E-state index contributed by atoms with van der Waals surface area (Å²) in [5.41, 5.74) is 0. The zero-order valence-corrected chi connectivity index (χ0v) is 8.17. The lowest BCUT2D eigenvalue weighted by Crippen LogP contribution is -2.34. The third-order valence-electron chi connectivity index (χ3n) is 1.73. The van der Waals surface area contributed by atoms with Crippen LogP contribution in [-0.2, 0) is 9.59 Å². The molecule has 4 nitrogen and oxygen atoms in total. The van der Waals surface area contributed by atoms with Crippen LogP contribution in [0.2, 0.25) is 0 Å². The molecule has 2 N–H and O–H groups in total. The summed E-state index contributed by atoms with van der Waals surface area (Å²) in [6, 6.07) is -0.213. The second-order valence-corrected chi connectivity index (χ2v) is 3.14. The van der Waals surface area contributed by atoms with Crippen molar-refractivity contribution in [2.24, 2.45) is 0 Å². The van der Waals surface area contributed by atoms with Crippen molar-refractivity contribution in [1.29, 1.82) is 0 Å². The van der Waals surface area contributed by atoms with Crippen LogP contribution in [0.1, 0.15) is 39.5 Å². The van der Waals surface area contributed by atoms with Crippen molar-refractivity contribution < 1.29 is 14.7 Å². The highest BCUT2D eigenvalue weighted by atomic mass is 16.4. The second-order valence-electron chi connectivity index (χ2n) is 3.14. The van der Waals surface area contributed by atoms with Gasteiger partial charge in [0.2, 0.25) is 5.91 Å². The Labute approximate surface area is 78.3 Å². The van der Waals surface area contributed by atoms with Crippen molar-refractivity contribution in [2.45, 2.75) is 45.6 Å². The molecule has 1 atom stereocenters. The van der Waals surface area contributed by atoms with Crippen molar-refractivity contribution in [3.8, 4) is 0 Å². The fourth-order valence-electron chi connectivity index (χ4n) is 1.17. The Hall–Kier alpha value is -1.06. The lowest BCUT2D eigenvalue weighted by atomic mass is 10.1. The van der Waals surface area contributed by atoms with Gasteiger partial charge in [0.25, 0.3) is 0 Å². The molecule has 0 aromatic rings. The Morgan fingerprint density at radius 1 is 1.46 bits per heavy atom. The number of carbonyl (C=O) groups excluding carboxylic acids is 1. The van der Waals surface area contributed by atoms with E-state index in [2.05, 4.69) is 5.32 Å². The van der Waals surface area contributed by atoms with Gasteiger partial charge in [-0.3, -0.25) is 9.59 Å². The smallest absolute Gasteiger partial charge is 0.305 e. The maximum atomic E-state index is 10.7. The van der Waals surface area contributed by atoms with Gasteiger partial charge in [0.15, 0.2) is 0 Å². The summed E-state index contributed by atoms with van der Waals surface area (Å²) in [4.78, 5) is 21.1. The van der Waals surface area contributed by atoms with Gasteiger partial charge in [-0.1, -0.05) is 19.8 Å². The van der Waals surface area contributed by atoms with E-state index in [1.54, 1.807) is 0 Å². The third kappa shape index (κ3) is 7.31. The highest BCUT2D eigenvalue weighted by Gasteiger charge is 2.12. The summed E-state index contributed by atoms with van der Waals surface area (Å²) in [5, 5.41) is 11.2. The average Bonchev–Trinajstić information content (AvgIpc) is 1.98. The fourth-order valence-corrected chi connectivity index (χ4v) is 1.17. The van der Waals surface area contributed by atoms with Crippen molar-refractivity contribution in [1.82, 2.24) is 5.32 Å². The van der Waals surface area contributed by atoms with E-state index in [1.165, 1.54) is 6.92 Å². The van der Waals surface area contributed by atoms with Crippen LogP contribution >= 0.6 is 0 Å². The molecule has 0 unspecified atom stereocenters. The van der Waals surface area contributed by atoms with Crippen molar-refractivity contribution >= 4 is 11.9 Å². The number of hydrogen-bond donors (Lipinski definition) is 2. The van der Waals surface area contributed by atoms with Gasteiger partial charge >= 0.3 is 5.97 Å². The first-order chi connectivity index (χ1) is 6.06. The molecular formula is C9H17NO3. The van der Waals surface area contributed by atoms with Crippen LogP contribution in [-0.4, -0.2) is 23.0 Å². The van der Waals surface area contributed by atoms with E-state index in [0.717, 1.165) is 19.3 Å². The fraction of sp³-hybridized carbons (Fsp3) is 0.778. The molecule has 0 rings (SSSR count).